The number of carbonyl (C=O) groups is 2. The van der Waals surface area contributed by atoms with Crippen LogP contribution in [0.3, 0.4) is 0 Å². The molecular formula is C18H22N2O3. The number of hydrogen-bond acceptors (Lipinski definition) is 3. The van der Waals surface area contributed by atoms with Gasteiger partial charge < -0.3 is 15.1 Å². The van der Waals surface area contributed by atoms with E-state index in [-0.39, 0.29) is 17.9 Å². The summed E-state index contributed by atoms with van der Waals surface area (Å²) < 4.78 is 5.12. The fourth-order valence-electron chi connectivity index (χ4n) is 2.13. The third kappa shape index (κ3) is 4.45. The highest BCUT2D eigenvalue weighted by Gasteiger charge is 2.12. The maximum atomic E-state index is 12.1. The molecule has 2 amide bonds. The number of amides is 2. The quantitative estimate of drug-likeness (QED) is 0.861. The van der Waals surface area contributed by atoms with Crippen LogP contribution in [0.1, 0.15) is 52.3 Å². The Labute approximate surface area is 136 Å². The molecule has 23 heavy (non-hydrogen) atoms. The van der Waals surface area contributed by atoms with Crippen molar-refractivity contribution < 1.29 is 14.0 Å². The van der Waals surface area contributed by atoms with E-state index < -0.39 is 0 Å². The third-order valence-electron chi connectivity index (χ3n) is 3.74. The van der Waals surface area contributed by atoms with Gasteiger partial charge in [-0.1, -0.05) is 19.1 Å². The van der Waals surface area contributed by atoms with Crippen LogP contribution in [0.4, 0.5) is 0 Å². The SMILES string of the molecule is CC[C@@H](C)NC(=O)c1cccc(CNC(=O)c2ccoc2C)c1. The van der Waals surface area contributed by atoms with Crippen LogP contribution in [0.5, 0.6) is 0 Å². The predicted octanol–water partition coefficient (Wildman–Crippen LogP) is 3.05. The van der Waals surface area contributed by atoms with Crippen LogP contribution in [-0.4, -0.2) is 17.9 Å². The van der Waals surface area contributed by atoms with Crippen molar-refractivity contribution in [2.24, 2.45) is 0 Å². The van der Waals surface area contributed by atoms with Crippen molar-refractivity contribution in [3.05, 3.63) is 59.0 Å². The first-order valence-corrected chi connectivity index (χ1v) is 7.73. The molecule has 0 spiro atoms. The van der Waals surface area contributed by atoms with Crippen molar-refractivity contribution in [2.45, 2.75) is 39.8 Å². The van der Waals surface area contributed by atoms with Gasteiger partial charge in [-0.3, -0.25) is 9.59 Å². The Morgan fingerprint density at radius 2 is 2.00 bits per heavy atom. The highest BCUT2D eigenvalue weighted by Crippen LogP contribution is 2.10. The molecule has 5 nitrogen and oxygen atoms in total. The topological polar surface area (TPSA) is 71.3 Å². The van der Waals surface area contributed by atoms with Crippen molar-refractivity contribution in [3.8, 4) is 0 Å². The van der Waals surface area contributed by atoms with E-state index in [0.717, 1.165) is 12.0 Å². The molecule has 1 aromatic heterocycles. The summed E-state index contributed by atoms with van der Waals surface area (Å²) in [5.41, 5.74) is 1.99. The van der Waals surface area contributed by atoms with Gasteiger partial charge in [0.1, 0.15) is 5.76 Å². The first-order chi connectivity index (χ1) is 11.0. The van der Waals surface area contributed by atoms with Gasteiger partial charge in [-0.2, -0.15) is 0 Å². The molecule has 1 heterocycles. The van der Waals surface area contributed by atoms with E-state index in [1.54, 1.807) is 25.1 Å². The van der Waals surface area contributed by atoms with Crippen LogP contribution < -0.4 is 10.6 Å². The van der Waals surface area contributed by atoms with Crippen molar-refractivity contribution in [1.82, 2.24) is 10.6 Å². The minimum absolute atomic E-state index is 0.0989. The van der Waals surface area contributed by atoms with E-state index in [4.69, 9.17) is 4.42 Å². The first kappa shape index (κ1) is 16.8. The maximum Gasteiger partial charge on any atom is 0.255 e. The maximum absolute atomic E-state index is 12.1. The molecule has 1 aromatic carbocycles. The number of carbonyl (C=O) groups excluding carboxylic acids is 2. The average Bonchev–Trinajstić information content (AvgIpc) is 2.98. The monoisotopic (exact) mass is 314 g/mol. The summed E-state index contributed by atoms with van der Waals surface area (Å²) in [6.07, 6.45) is 2.37. The van der Waals surface area contributed by atoms with E-state index in [2.05, 4.69) is 10.6 Å². The average molecular weight is 314 g/mol. The molecule has 122 valence electrons. The molecule has 0 aliphatic heterocycles. The number of furan rings is 1. The summed E-state index contributed by atoms with van der Waals surface area (Å²) in [7, 11) is 0. The standard InChI is InChI=1S/C18H22N2O3/c1-4-12(2)20-17(21)15-7-5-6-14(10-15)11-19-18(22)16-8-9-23-13(16)3/h5-10,12H,4,11H2,1-3H3,(H,19,22)(H,20,21)/t12-/m1/s1. The van der Waals surface area contributed by atoms with Crippen LogP contribution in [0.25, 0.3) is 0 Å². The molecule has 0 radical (unpaired) electrons. The van der Waals surface area contributed by atoms with E-state index in [1.165, 1.54) is 6.26 Å². The molecule has 0 saturated carbocycles. The molecular weight excluding hydrogens is 292 g/mol. The smallest absolute Gasteiger partial charge is 0.255 e. The van der Waals surface area contributed by atoms with Gasteiger partial charge in [0, 0.05) is 18.2 Å². The highest BCUT2D eigenvalue weighted by atomic mass is 16.3. The second-order valence-corrected chi connectivity index (χ2v) is 5.56. The molecule has 1 atom stereocenters. The van der Waals surface area contributed by atoms with E-state index in [1.807, 2.05) is 26.0 Å². The lowest BCUT2D eigenvalue weighted by Crippen LogP contribution is -2.32. The molecule has 2 rings (SSSR count). The molecule has 2 aromatic rings. The zero-order valence-electron chi connectivity index (χ0n) is 13.7. The van der Waals surface area contributed by atoms with E-state index >= 15 is 0 Å². The summed E-state index contributed by atoms with van der Waals surface area (Å²) in [4.78, 5) is 24.2. The fraction of sp³-hybridized carbons (Fsp3) is 0.333. The molecule has 5 heteroatoms. The largest absolute Gasteiger partial charge is 0.469 e. The summed E-state index contributed by atoms with van der Waals surface area (Å²) >= 11 is 0. The van der Waals surface area contributed by atoms with Crippen molar-refractivity contribution in [2.75, 3.05) is 0 Å². The fourth-order valence-corrected chi connectivity index (χ4v) is 2.13. The van der Waals surface area contributed by atoms with Gasteiger partial charge in [0.05, 0.1) is 11.8 Å². The first-order valence-electron chi connectivity index (χ1n) is 7.73. The van der Waals surface area contributed by atoms with Gasteiger partial charge in [0.25, 0.3) is 11.8 Å². The summed E-state index contributed by atoms with van der Waals surface area (Å²) in [5.74, 6) is 0.299. The molecule has 0 fully saturated rings. The minimum Gasteiger partial charge on any atom is -0.469 e. The molecule has 2 N–H and O–H groups in total. The van der Waals surface area contributed by atoms with Crippen LogP contribution in [0, 0.1) is 6.92 Å². The van der Waals surface area contributed by atoms with Gasteiger partial charge in [-0.25, -0.2) is 0 Å². The summed E-state index contributed by atoms with van der Waals surface area (Å²) in [5, 5.41) is 5.76. The van der Waals surface area contributed by atoms with Gasteiger partial charge in [-0.15, -0.1) is 0 Å². The van der Waals surface area contributed by atoms with Crippen LogP contribution in [0.2, 0.25) is 0 Å². The lowest BCUT2D eigenvalue weighted by atomic mass is 10.1. The molecule has 0 aliphatic carbocycles. The van der Waals surface area contributed by atoms with Gasteiger partial charge in [0.15, 0.2) is 0 Å². The third-order valence-corrected chi connectivity index (χ3v) is 3.74. The number of benzene rings is 1. The summed E-state index contributed by atoms with van der Waals surface area (Å²) in [6.45, 7) is 6.09. The highest BCUT2D eigenvalue weighted by molar-refractivity contribution is 5.95. The number of aryl methyl sites for hydroxylation is 1. The van der Waals surface area contributed by atoms with Crippen LogP contribution in [-0.2, 0) is 6.54 Å². The second kappa shape index (κ2) is 7.63. The second-order valence-electron chi connectivity index (χ2n) is 5.56. The molecule has 0 aliphatic rings. The molecule has 0 unspecified atom stereocenters. The molecule has 0 bridgehead atoms. The van der Waals surface area contributed by atoms with Gasteiger partial charge >= 0.3 is 0 Å². The van der Waals surface area contributed by atoms with Gasteiger partial charge in [-0.05, 0) is 44.0 Å². The Morgan fingerprint density at radius 1 is 1.22 bits per heavy atom. The zero-order valence-corrected chi connectivity index (χ0v) is 13.7. The van der Waals surface area contributed by atoms with Crippen LogP contribution in [0.15, 0.2) is 41.0 Å². The number of hydrogen-bond donors (Lipinski definition) is 2. The Kier molecular flexibility index (Phi) is 5.57. The number of nitrogens with one attached hydrogen (secondary N) is 2. The van der Waals surface area contributed by atoms with E-state index in [0.29, 0.717) is 23.4 Å². The lowest BCUT2D eigenvalue weighted by Gasteiger charge is -2.12. The van der Waals surface area contributed by atoms with E-state index in [9.17, 15) is 9.59 Å². The van der Waals surface area contributed by atoms with Crippen molar-refractivity contribution in [3.63, 3.8) is 0 Å². The van der Waals surface area contributed by atoms with Crippen molar-refractivity contribution >= 4 is 11.8 Å². The molecule has 0 saturated heterocycles. The zero-order chi connectivity index (χ0) is 16.8. The number of rotatable bonds is 6. The lowest BCUT2D eigenvalue weighted by molar-refractivity contribution is 0.0936. The summed E-state index contributed by atoms with van der Waals surface area (Å²) in [6, 6.07) is 9.03. The Hall–Kier alpha value is -2.56. The Balaban J connectivity index is 1.99. The van der Waals surface area contributed by atoms with Crippen molar-refractivity contribution in [1.29, 1.82) is 0 Å². The Morgan fingerprint density at radius 3 is 2.65 bits per heavy atom. The Bertz CT molecular complexity index is 691. The van der Waals surface area contributed by atoms with Crippen LogP contribution >= 0.6 is 0 Å². The normalized spacial score (nSPS) is 11.8. The van der Waals surface area contributed by atoms with Gasteiger partial charge in [0.2, 0.25) is 0 Å². The predicted molar refractivity (Wildman–Crippen MR) is 88.3 cm³/mol. The minimum atomic E-state index is -0.189.